The SMILES string of the molecule is OC[C@H]1O[C@@H](OC[C@H]2O[C@@H](OC[C@H]3O[C@@H](OC[C@H]4O[C@@H](OC[C@H]5O[C@@H](OC[C@H]6O[C@@H](OC[C@H]7O[C@@H](OC[C@H]8O[C@@H](OC[C@H]9O[C@@H](OC[C@H]%10O[C@@H](OC[C@H]%11O[C@@H](OC[C@H]%12OC(O)[C@H](O)[C@@H](O)[C@@H]%12O)[C@H](O)[C@@H](O)[C@@H]%11O)[C@H](O)[C@@H](O)[C@@H]%10O)[C@H](O)[C@@H](O)[C@@H]9O)[C@H](O)[C@@H](O)[C@@H]8O)[C@H](O)[C@@H](O)[C@@H]7O)[C@H](O)[C@@H](O)[C@@H]6O)[C@H](O)[C@@H](O)[C@@H]5O)[C@H](O)[C@@H](O)[C@@H]4O)[C@H](O)[C@@H](O)[C@@H]3O)[C@H](O)[C@@H](O)[C@@H]2O)[C@H](O)[C@@H](O)[C@@H]1O. The summed E-state index contributed by atoms with van der Waals surface area (Å²) in [6.45, 7) is -10.6. The normalized spacial score (nSPS) is 53.8. The number of aliphatic hydroxyl groups excluding tert-OH is 38. The van der Waals surface area contributed by atoms with Gasteiger partial charge in [0, 0.05) is 0 Å². The van der Waals surface area contributed by atoms with Crippen LogP contribution < -0.4 is 0 Å². The van der Waals surface area contributed by atoms with Crippen molar-refractivity contribution in [3.63, 3.8) is 0 Å². The first-order chi connectivity index (χ1) is 62.8. The van der Waals surface area contributed by atoms with E-state index in [0.29, 0.717) is 0 Å². The molecule has 12 rings (SSSR count). The van der Waals surface area contributed by atoms with Crippen LogP contribution in [0.15, 0.2) is 0 Å². The van der Waals surface area contributed by atoms with Gasteiger partial charge in [0.15, 0.2) is 75.5 Å². The Morgan fingerprint density at radius 1 is 0.113 bits per heavy atom. The number of hydrogen-bond acceptors (Lipinski definition) is 61. The van der Waals surface area contributed by atoms with E-state index in [2.05, 4.69) is 0 Å². The van der Waals surface area contributed by atoms with Crippen molar-refractivity contribution < 1.29 is 303 Å². The van der Waals surface area contributed by atoms with Gasteiger partial charge in [-0.15, -0.1) is 0 Å². The maximum absolute atomic E-state index is 11.0. The van der Waals surface area contributed by atoms with Gasteiger partial charge in [0.2, 0.25) is 0 Å². The minimum Gasteiger partial charge on any atom is -0.394 e. The van der Waals surface area contributed by atoms with Crippen LogP contribution in [0.2, 0.25) is 0 Å². The summed E-state index contributed by atoms with van der Waals surface area (Å²) in [6.07, 6.45) is -117. The summed E-state index contributed by atoms with van der Waals surface area (Å²) in [5.41, 5.74) is 0. The zero-order valence-electron chi connectivity index (χ0n) is 69.5. The maximum Gasteiger partial charge on any atom is 0.186 e. The van der Waals surface area contributed by atoms with Crippen molar-refractivity contribution in [3.8, 4) is 0 Å². The summed E-state index contributed by atoms with van der Waals surface area (Å²) in [4.78, 5) is 0. The molecule has 133 heavy (non-hydrogen) atoms. The summed E-state index contributed by atoms with van der Waals surface area (Å²) in [6, 6.07) is 0. The van der Waals surface area contributed by atoms with E-state index < -0.39 is 448 Å². The van der Waals surface area contributed by atoms with Crippen molar-refractivity contribution in [2.24, 2.45) is 0 Å². The molecule has 1 unspecified atom stereocenters. The quantitative estimate of drug-likeness (QED) is 0.0284. The van der Waals surface area contributed by atoms with Gasteiger partial charge in [0.05, 0.1) is 79.3 Å². The van der Waals surface area contributed by atoms with Crippen molar-refractivity contribution in [1.82, 2.24) is 0 Å². The van der Waals surface area contributed by atoms with Gasteiger partial charge >= 0.3 is 0 Å². The molecule has 0 radical (unpaired) electrons. The highest BCUT2D eigenvalue weighted by atomic mass is 16.8. The molecule has 0 saturated carbocycles. The molecule has 12 heterocycles. The number of hydrogen-bond donors (Lipinski definition) is 38. The smallest absolute Gasteiger partial charge is 0.186 e. The van der Waals surface area contributed by atoms with Crippen LogP contribution in [-0.2, 0) is 109 Å². The molecule has 61 heteroatoms. The average Bonchev–Trinajstić information content (AvgIpc) is 0.792. The zero-order valence-corrected chi connectivity index (χ0v) is 69.5. The fraction of sp³-hybridized carbons (Fsp3) is 1.00. The Hall–Kier alpha value is -2.44. The summed E-state index contributed by atoms with van der Waals surface area (Å²) in [7, 11) is 0. The Morgan fingerprint density at radius 2 is 0.211 bits per heavy atom. The van der Waals surface area contributed by atoms with Crippen molar-refractivity contribution in [2.75, 3.05) is 79.3 Å². The maximum atomic E-state index is 11.0. The lowest BCUT2D eigenvalue weighted by molar-refractivity contribution is -0.356. The van der Waals surface area contributed by atoms with Gasteiger partial charge in [-0.25, -0.2) is 0 Å². The second-order valence-electron chi connectivity index (χ2n) is 34.0. The second kappa shape index (κ2) is 47.4. The molecular weight excluding hydrogens is 1840 g/mol. The third-order valence-electron chi connectivity index (χ3n) is 24.9. The highest BCUT2D eigenvalue weighted by Gasteiger charge is 2.58. The molecule has 38 N–H and O–H groups in total. The highest BCUT2D eigenvalue weighted by Crippen LogP contribution is 2.37. The van der Waals surface area contributed by atoms with E-state index >= 15 is 0 Å². The van der Waals surface area contributed by atoms with Gasteiger partial charge in [-0.3, -0.25) is 0 Å². The van der Waals surface area contributed by atoms with Gasteiger partial charge in [-0.2, -0.15) is 0 Å². The van der Waals surface area contributed by atoms with Crippen molar-refractivity contribution >= 4 is 0 Å². The molecule has 0 aliphatic carbocycles. The van der Waals surface area contributed by atoms with Gasteiger partial charge in [-0.1, -0.05) is 0 Å². The van der Waals surface area contributed by atoms with E-state index in [1.54, 1.807) is 0 Å². The topological polar surface area (TPSA) is 981 Å². The van der Waals surface area contributed by atoms with E-state index in [4.69, 9.17) is 109 Å². The second-order valence-corrected chi connectivity index (χ2v) is 34.0. The van der Waals surface area contributed by atoms with E-state index in [0.717, 1.165) is 0 Å². The van der Waals surface area contributed by atoms with Crippen molar-refractivity contribution in [3.05, 3.63) is 0 Å². The fourth-order valence-electron chi connectivity index (χ4n) is 16.3. The third kappa shape index (κ3) is 24.3. The molecule has 61 nitrogen and oxygen atoms in total. The monoisotopic (exact) mass is 1960 g/mol. The molecule has 0 amide bonds. The lowest BCUT2D eigenvalue weighted by atomic mass is 9.97. The summed E-state index contributed by atoms with van der Waals surface area (Å²) < 4.78 is 128. The van der Waals surface area contributed by atoms with Crippen LogP contribution in [0.3, 0.4) is 0 Å². The number of ether oxygens (including phenoxy) is 23. The fourth-order valence-corrected chi connectivity index (χ4v) is 16.3. The summed E-state index contributed by atoms with van der Waals surface area (Å²) in [5, 5.41) is 407. The molecule has 0 aromatic rings. The summed E-state index contributed by atoms with van der Waals surface area (Å²) >= 11 is 0. The third-order valence-corrected chi connectivity index (χ3v) is 24.9. The molecule has 776 valence electrons. The van der Waals surface area contributed by atoms with Gasteiger partial charge in [0.25, 0.3) is 0 Å². The van der Waals surface area contributed by atoms with Gasteiger partial charge in [-0.05, 0) is 0 Å². The van der Waals surface area contributed by atoms with Crippen LogP contribution >= 0.6 is 0 Å². The summed E-state index contributed by atoms with van der Waals surface area (Å²) in [5.74, 6) is 0. The first-order valence-corrected chi connectivity index (χ1v) is 42.2. The molecule has 0 aromatic heterocycles. The highest BCUT2D eigenvalue weighted by molar-refractivity contribution is 5.01. The first-order valence-electron chi connectivity index (χ1n) is 42.2. The van der Waals surface area contributed by atoms with E-state index in [1.165, 1.54) is 0 Å². The minimum absolute atomic E-state index is 0.749. The van der Waals surface area contributed by atoms with Crippen molar-refractivity contribution in [1.29, 1.82) is 0 Å². The van der Waals surface area contributed by atoms with Crippen LogP contribution in [0.4, 0.5) is 0 Å². The molecule has 0 bridgehead atoms. The Kier molecular flexibility index (Phi) is 39.0. The van der Waals surface area contributed by atoms with Crippen LogP contribution in [-0.4, -0.2) is 642 Å². The lowest BCUT2D eigenvalue weighted by Gasteiger charge is -2.45. The predicted octanol–water partition coefficient (Wildman–Crippen LogP) is -27.2. The van der Waals surface area contributed by atoms with Crippen LogP contribution in [0.1, 0.15) is 0 Å². The predicted molar refractivity (Wildman–Crippen MR) is 395 cm³/mol. The van der Waals surface area contributed by atoms with Crippen LogP contribution in [0, 0.1) is 0 Å². The molecule has 12 fully saturated rings. The molecule has 0 spiro atoms. The van der Waals surface area contributed by atoms with Crippen molar-refractivity contribution in [2.45, 2.75) is 368 Å². The average molecular weight is 1960 g/mol. The number of rotatable bonds is 34. The molecule has 12 saturated heterocycles. The Labute approximate surface area is 748 Å². The molecule has 0 aromatic carbocycles. The Bertz CT molecular complexity index is 3330. The molecule has 12 aliphatic heterocycles. The van der Waals surface area contributed by atoms with E-state index in [9.17, 15) is 194 Å². The van der Waals surface area contributed by atoms with E-state index in [1.807, 2.05) is 0 Å². The Balaban J connectivity index is 0.582. The van der Waals surface area contributed by atoms with Crippen LogP contribution in [0.25, 0.3) is 0 Å². The van der Waals surface area contributed by atoms with Gasteiger partial charge < -0.3 is 303 Å². The number of aliphatic hydroxyl groups is 38. The Morgan fingerprint density at radius 3 is 0.331 bits per heavy atom. The van der Waals surface area contributed by atoms with E-state index in [-0.39, 0.29) is 0 Å². The van der Waals surface area contributed by atoms with Crippen LogP contribution in [0.5, 0.6) is 0 Å². The zero-order chi connectivity index (χ0) is 97.4. The lowest BCUT2D eigenvalue weighted by Crippen LogP contribution is -2.64. The largest absolute Gasteiger partial charge is 0.394 e. The van der Waals surface area contributed by atoms with Gasteiger partial charge in [0.1, 0.15) is 293 Å². The molecular formula is C72H122O61. The minimum atomic E-state index is -2.17. The molecule has 12 aliphatic rings. The molecule has 60 atom stereocenters. The standard InChI is InChI=1S/C72H122O61/c73-1-13-25(74)38(87)50(99)62(123-13)112-3-15-27(76)40(89)52(101)64(125-15)114-5-17-29(78)42(91)54(103)66(127-17)116-7-19-31(80)44(93)56(105)68(129-19)118-9-21-33(82)46(95)58(107)70(131-21)120-11-23-35(84)48(97)60(109)72(133-23)121-12-24-36(85)47(96)59(108)71(132-24)119-10-22-34(83)45(94)57(106)69(130-22)117-8-20-32(81)43(92)55(104)67(128-20)115-6-18-30(79)41(90)53(102)65(126-18)113-4-16-28(77)39(88)51(100)63(124-16)111-2-14-26(75)37(86)49(98)61(110)122-14/h13-110H,1-12H2/t13-,14-,15-,16-,17-,18-,19-,20-,21-,22-,23-,24-,25-,26-,27-,28-,29-,30-,31-,32-,33-,34-,35-,36-,37+,38+,39+,40+,41+,42+,43+,44+,45+,46+,47+,48+,49-,50-,51-,52-,53-,54-,55-,56-,57-,58-,59-,60-,61?,62-,63-,64-,65-,66-,67-,68-,69-,70-,71-,72-/m1/s1. The first kappa shape index (κ1) is 109.